The first-order chi connectivity index (χ1) is 6.46. The molecule has 0 unspecified atom stereocenters. The lowest BCUT2D eigenvalue weighted by Gasteiger charge is -2.16. The summed E-state index contributed by atoms with van der Waals surface area (Å²) in [6, 6.07) is 0. The fourth-order valence-electron chi connectivity index (χ4n) is 0.415. The lowest BCUT2D eigenvalue weighted by Crippen LogP contribution is -2.29. The molecule has 0 saturated carbocycles. The van der Waals surface area contributed by atoms with E-state index in [0.29, 0.717) is 0 Å². The first-order valence-corrected chi connectivity index (χ1v) is 3.99. The van der Waals surface area contributed by atoms with Crippen LogP contribution in [0, 0.1) is 5.41 Å². The van der Waals surface area contributed by atoms with Crippen LogP contribution >= 0.6 is 0 Å². The van der Waals surface area contributed by atoms with Gasteiger partial charge in [-0.3, -0.25) is 4.79 Å². The van der Waals surface area contributed by atoms with Crippen LogP contribution in [0.3, 0.4) is 0 Å². The van der Waals surface area contributed by atoms with Crippen LogP contribution in [0.4, 0.5) is 13.2 Å². The lowest BCUT2D eigenvalue weighted by atomic mass is 9.97. The summed E-state index contributed by atoms with van der Waals surface area (Å²) >= 11 is 0. The number of hydrogen-bond acceptors (Lipinski definition) is 3. The molecule has 0 aliphatic rings. The Balaban J connectivity index is 4.54. The average Bonchev–Trinajstić information content (AvgIpc) is 1.99. The number of alkyl halides is 3. The highest BCUT2D eigenvalue weighted by Gasteiger charge is 2.39. The van der Waals surface area contributed by atoms with E-state index in [4.69, 9.17) is 0 Å². The van der Waals surface area contributed by atoms with Crippen molar-refractivity contribution in [2.24, 2.45) is 5.41 Å². The lowest BCUT2D eigenvalue weighted by molar-refractivity contribution is -0.167. The SMILES string of the molecule is C=C(C(=O)OC(=O)C(C)(C)C)C(F)(F)F. The van der Waals surface area contributed by atoms with Gasteiger partial charge in [-0.2, -0.15) is 13.2 Å². The van der Waals surface area contributed by atoms with E-state index in [2.05, 4.69) is 11.3 Å². The third-order valence-electron chi connectivity index (χ3n) is 1.39. The zero-order chi connectivity index (χ0) is 12.4. The Hall–Kier alpha value is -1.33. The van der Waals surface area contributed by atoms with Gasteiger partial charge in [0.05, 0.1) is 5.41 Å². The predicted molar refractivity (Wildman–Crippen MR) is 45.7 cm³/mol. The standard InChI is InChI=1S/C9H11F3O3/c1-5(9(10,11)12)6(13)15-7(14)8(2,3)4/h1H2,2-4H3. The second kappa shape index (κ2) is 4.04. The highest BCUT2D eigenvalue weighted by Crippen LogP contribution is 2.26. The maximum atomic E-state index is 11.9. The summed E-state index contributed by atoms with van der Waals surface area (Å²) in [7, 11) is 0. The number of halogens is 3. The normalized spacial score (nSPS) is 12.1. The number of carbonyl (C=O) groups is 2. The van der Waals surface area contributed by atoms with Gasteiger partial charge >= 0.3 is 18.1 Å². The predicted octanol–water partition coefficient (Wildman–Crippen LogP) is 2.22. The van der Waals surface area contributed by atoms with Crippen molar-refractivity contribution >= 4 is 11.9 Å². The van der Waals surface area contributed by atoms with Crippen LogP contribution in [-0.4, -0.2) is 18.1 Å². The summed E-state index contributed by atoms with van der Waals surface area (Å²) in [5.74, 6) is -2.79. The Kier molecular flexibility index (Phi) is 3.68. The van der Waals surface area contributed by atoms with Crippen LogP contribution in [-0.2, 0) is 14.3 Å². The molecule has 0 rings (SSSR count). The van der Waals surface area contributed by atoms with E-state index < -0.39 is 29.1 Å². The van der Waals surface area contributed by atoms with Gasteiger partial charge in [-0.25, -0.2) is 4.79 Å². The van der Waals surface area contributed by atoms with Crippen LogP contribution in [0.1, 0.15) is 20.8 Å². The largest absolute Gasteiger partial charge is 0.422 e. The number of ether oxygens (including phenoxy) is 1. The highest BCUT2D eigenvalue weighted by molar-refractivity contribution is 5.97. The van der Waals surface area contributed by atoms with Crippen molar-refractivity contribution in [1.82, 2.24) is 0 Å². The molecule has 0 aromatic rings. The molecule has 15 heavy (non-hydrogen) atoms. The Morgan fingerprint density at radius 1 is 1.13 bits per heavy atom. The van der Waals surface area contributed by atoms with Gasteiger partial charge in [0.1, 0.15) is 5.57 Å². The molecule has 0 atom stereocenters. The number of hydrogen-bond donors (Lipinski definition) is 0. The molecule has 0 saturated heterocycles. The first-order valence-electron chi connectivity index (χ1n) is 3.99. The Morgan fingerprint density at radius 3 is 1.80 bits per heavy atom. The maximum Gasteiger partial charge on any atom is 0.422 e. The number of carbonyl (C=O) groups excluding carboxylic acids is 2. The van der Waals surface area contributed by atoms with E-state index in [1.807, 2.05) is 0 Å². The quantitative estimate of drug-likeness (QED) is 0.389. The zero-order valence-corrected chi connectivity index (χ0v) is 8.57. The molecule has 0 N–H and O–H groups in total. The van der Waals surface area contributed by atoms with Crippen LogP contribution < -0.4 is 0 Å². The van der Waals surface area contributed by atoms with Gasteiger partial charge in [-0.1, -0.05) is 6.58 Å². The van der Waals surface area contributed by atoms with Crippen LogP contribution in [0.15, 0.2) is 12.2 Å². The topological polar surface area (TPSA) is 43.4 Å². The summed E-state index contributed by atoms with van der Waals surface area (Å²) in [5, 5.41) is 0. The summed E-state index contributed by atoms with van der Waals surface area (Å²) < 4.78 is 39.8. The molecular weight excluding hydrogens is 213 g/mol. The van der Waals surface area contributed by atoms with Crippen molar-refractivity contribution in [3.05, 3.63) is 12.2 Å². The van der Waals surface area contributed by atoms with Crippen LogP contribution in [0.25, 0.3) is 0 Å². The molecule has 0 fully saturated rings. The molecular formula is C9H11F3O3. The molecule has 0 aliphatic carbocycles. The second-order valence-corrected chi connectivity index (χ2v) is 3.90. The molecule has 0 spiro atoms. The van der Waals surface area contributed by atoms with Gasteiger partial charge in [0.25, 0.3) is 0 Å². The van der Waals surface area contributed by atoms with E-state index >= 15 is 0 Å². The van der Waals surface area contributed by atoms with Gasteiger partial charge in [-0.15, -0.1) is 0 Å². The third-order valence-corrected chi connectivity index (χ3v) is 1.39. The summed E-state index contributed by atoms with van der Waals surface area (Å²) in [6.45, 7) is 6.76. The fraction of sp³-hybridized carbons (Fsp3) is 0.556. The van der Waals surface area contributed by atoms with E-state index in [0.717, 1.165) is 0 Å². The molecule has 0 aromatic carbocycles. The Morgan fingerprint density at radius 2 is 1.53 bits per heavy atom. The van der Waals surface area contributed by atoms with E-state index in [9.17, 15) is 22.8 Å². The van der Waals surface area contributed by atoms with Gasteiger partial charge in [0.15, 0.2) is 0 Å². The minimum atomic E-state index is -4.88. The molecule has 6 heteroatoms. The Bertz CT molecular complexity index is 297. The smallest absolute Gasteiger partial charge is 0.389 e. The van der Waals surface area contributed by atoms with Crippen molar-refractivity contribution in [3.8, 4) is 0 Å². The third kappa shape index (κ3) is 4.14. The van der Waals surface area contributed by atoms with Crippen molar-refractivity contribution in [1.29, 1.82) is 0 Å². The van der Waals surface area contributed by atoms with Gasteiger partial charge in [0.2, 0.25) is 0 Å². The van der Waals surface area contributed by atoms with Gasteiger partial charge in [0, 0.05) is 0 Å². The fourth-order valence-corrected chi connectivity index (χ4v) is 0.415. The van der Waals surface area contributed by atoms with E-state index in [-0.39, 0.29) is 0 Å². The average molecular weight is 224 g/mol. The minimum absolute atomic E-state index is 1.03. The van der Waals surface area contributed by atoms with Gasteiger partial charge in [-0.05, 0) is 20.8 Å². The molecule has 0 heterocycles. The first kappa shape index (κ1) is 13.7. The molecule has 0 amide bonds. The second-order valence-electron chi connectivity index (χ2n) is 3.90. The molecule has 0 aliphatic heterocycles. The highest BCUT2D eigenvalue weighted by atomic mass is 19.4. The zero-order valence-electron chi connectivity index (χ0n) is 8.57. The molecule has 3 nitrogen and oxygen atoms in total. The van der Waals surface area contributed by atoms with E-state index in [1.165, 1.54) is 20.8 Å². The maximum absolute atomic E-state index is 11.9. The monoisotopic (exact) mass is 224 g/mol. The van der Waals surface area contributed by atoms with Crippen LogP contribution in [0.5, 0.6) is 0 Å². The molecule has 0 bridgehead atoms. The van der Waals surface area contributed by atoms with Crippen molar-refractivity contribution < 1.29 is 27.5 Å². The summed E-state index contributed by atoms with van der Waals surface area (Å²) in [5.41, 5.74) is -2.73. The molecule has 0 aromatic heterocycles. The van der Waals surface area contributed by atoms with Crippen molar-refractivity contribution in [2.75, 3.05) is 0 Å². The number of rotatable bonds is 1. The van der Waals surface area contributed by atoms with E-state index in [1.54, 1.807) is 0 Å². The van der Waals surface area contributed by atoms with Gasteiger partial charge < -0.3 is 4.74 Å². The molecule has 0 radical (unpaired) electrons. The van der Waals surface area contributed by atoms with Crippen LogP contribution in [0.2, 0.25) is 0 Å². The Labute approximate surface area is 84.9 Å². The molecule has 86 valence electrons. The number of esters is 2. The van der Waals surface area contributed by atoms with Crippen molar-refractivity contribution in [3.63, 3.8) is 0 Å². The summed E-state index contributed by atoms with van der Waals surface area (Å²) in [6.07, 6.45) is -4.88. The van der Waals surface area contributed by atoms with Crippen molar-refractivity contribution in [2.45, 2.75) is 26.9 Å². The minimum Gasteiger partial charge on any atom is -0.389 e. The summed E-state index contributed by atoms with van der Waals surface area (Å²) in [4.78, 5) is 21.8.